The molecular formula is C24H27N3OS. The SMILES string of the molecule is Cc1ccc(CC2CN(C(=O)CSc3nccn3-c3cccc(C)c3C)C2)cc1. The molecule has 150 valence electrons. The predicted molar refractivity (Wildman–Crippen MR) is 119 cm³/mol. The lowest BCUT2D eigenvalue weighted by Crippen LogP contribution is -2.51. The molecule has 0 saturated carbocycles. The highest BCUT2D eigenvalue weighted by Gasteiger charge is 2.30. The van der Waals surface area contributed by atoms with E-state index in [4.69, 9.17) is 0 Å². The Labute approximate surface area is 177 Å². The number of nitrogens with zero attached hydrogens (tertiary/aromatic N) is 3. The lowest BCUT2D eigenvalue weighted by Gasteiger charge is -2.39. The van der Waals surface area contributed by atoms with E-state index in [-0.39, 0.29) is 5.91 Å². The molecule has 0 aliphatic carbocycles. The van der Waals surface area contributed by atoms with Crippen LogP contribution in [0.2, 0.25) is 0 Å². The molecule has 1 aromatic heterocycles. The van der Waals surface area contributed by atoms with Crippen molar-refractivity contribution in [3.63, 3.8) is 0 Å². The number of carbonyl (C=O) groups excluding carboxylic acids is 1. The first-order valence-corrected chi connectivity index (χ1v) is 11.1. The van der Waals surface area contributed by atoms with Crippen LogP contribution in [0.4, 0.5) is 0 Å². The van der Waals surface area contributed by atoms with Crippen LogP contribution in [0.3, 0.4) is 0 Å². The van der Waals surface area contributed by atoms with Crippen molar-refractivity contribution in [2.75, 3.05) is 18.8 Å². The molecule has 5 heteroatoms. The number of hydrogen-bond acceptors (Lipinski definition) is 3. The first-order chi connectivity index (χ1) is 14.0. The highest BCUT2D eigenvalue weighted by molar-refractivity contribution is 7.99. The normalized spacial score (nSPS) is 14.1. The number of rotatable bonds is 6. The summed E-state index contributed by atoms with van der Waals surface area (Å²) in [5, 5.41) is 0.865. The van der Waals surface area contributed by atoms with Gasteiger partial charge in [0.15, 0.2) is 5.16 Å². The summed E-state index contributed by atoms with van der Waals surface area (Å²) in [5.74, 6) is 1.20. The third-order valence-electron chi connectivity index (χ3n) is 5.72. The summed E-state index contributed by atoms with van der Waals surface area (Å²) in [6, 6.07) is 15.0. The molecule has 2 aromatic carbocycles. The number of hydrogen-bond donors (Lipinski definition) is 0. The minimum Gasteiger partial charge on any atom is -0.341 e. The van der Waals surface area contributed by atoms with Crippen molar-refractivity contribution >= 4 is 17.7 Å². The maximum absolute atomic E-state index is 12.6. The van der Waals surface area contributed by atoms with Gasteiger partial charge in [-0.15, -0.1) is 0 Å². The van der Waals surface area contributed by atoms with Crippen molar-refractivity contribution in [2.24, 2.45) is 5.92 Å². The van der Waals surface area contributed by atoms with Crippen LogP contribution in [0.1, 0.15) is 22.3 Å². The first kappa shape index (κ1) is 19.8. The molecule has 4 nitrogen and oxygen atoms in total. The molecule has 29 heavy (non-hydrogen) atoms. The minimum absolute atomic E-state index is 0.200. The van der Waals surface area contributed by atoms with Crippen LogP contribution < -0.4 is 0 Å². The fourth-order valence-electron chi connectivity index (χ4n) is 3.75. The number of imidazole rings is 1. The average Bonchev–Trinajstić information content (AvgIpc) is 3.14. The zero-order valence-electron chi connectivity index (χ0n) is 17.3. The Bertz CT molecular complexity index is 1000. The molecule has 0 N–H and O–H groups in total. The maximum Gasteiger partial charge on any atom is 0.233 e. The van der Waals surface area contributed by atoms with E-state index in [1.54, 1.807) is 6.20 Å². The Morgan fingerprint density at radius 3 is 2.62 bits per heavy atom. The van der Waals surface area contributed by atoms with Gasteiger partial charge in [0.1, 0.15) is 0 Å². The van der Waals surface area contributed by atoms with Gasteiger partial charge in [-0.3, -0.25) is 9.36 Å². The second-order valence-electron chi connectivity index (χ2n) is 7.94. The Balaban J connectivity index is 1.31. The largest absolute Gasteiger partial charge is 0.341 e. The highest BCUT2D eigenvalue weighted by atomic mass is 32.2. The van der Waals surface area contributed by atoms with Gasteiger partial charge in [0.25, 0.3) is 0 Å². The molecule has 3 aromatic rings. The second-order valence-corrected chi connectivity index (χ2v) is 8.88. The summed E-state index contributed by atoms with van der Waals surface area (Å²) in [7, 11) is 0. The Kier molecular flexibility index (Phi) is 5.76. The molecule has 4 rings (SSSR count). The molecule has 0 unspecified atom stereocenters. The van der Waals surface area contributed by atoms with Crippen LogP contribution in [0.25, 0.3) is 5.69 Å². The van der Waals surface area contributed by atoms with E-state index in [2.05, 4.69) is 72.8 Å². The molecule has 1 aliphatic rings. The van der Waals surface area contributed by atoms with Crippen LogP contribution in [0.15, 0.2) is 60.0 Å². The summed E-state index contributed by atoms with van der Waals surface area (Å²) in [4.78, 5) is 19.0. The summed E-state index contributed by atoms with van der Waals surface area (Å²) < 4.78 is 2.08. The van der Waals surface area contributed by atoms with E-state index >= 15 is 0 Å². The molecule has 1 aliphatic heterocycles. The third kappa shape index (κ3) is 4.40. The van der Waals surface area contributed by atoms with Crippen LogP contribution in [0, 0.1) is 26.7 Å². The molecule has 0 spiro atoms. The van der Waals surface area contributed by atoms with Crippen molar-refractivity contribution in [1.82, 2.24) is 14.5 Å². The van der Waals surface area contributed by atoms with E-state index in [9.17, 15) is 4.79 Å². The van der Waals surface area contributed by atoms with Crippen LogP contribution in [0.5, 0.6) is 0 Å². The number of amides is 1. The smallest absolute Gasteiger partial charge is 0.233 e. The Morgan fingerprint density at radius 1 is 1.10 bits per heavy atom. The summed E-state index contributed by atoms with van der Waals surface area (Å²) in [5.41, 5.74) is 6.26. The molecule has 0 bridgehead atoms. The molecule has 1 amide bonds. The van der Waals surface area contributed by atoms with Gasteiger partial charge in [-0.2, -0.15) is 0 Å². The Hall–Kier alpha value is -2.53. The highest BCUT2D eigenvalue weighted by Crippen LogP contribution is 2.26. The maximum atomic E-state index is 12.6. The number of benzene rings is 2. The van der Waals surface area contributed by atoms with E-state index in [1.165, 1.54) is 34.0 Å². The van der Waals surface area contributed by atoms with Crippen molar-refractivity contribution in [3.05, 3.63) is 77.1 Å². The summed E-state index contributed by atoms with van der Waals surface area (Å²) >= 11 is 1.52. The average molecular weight is 406 g/mol. The molecule has 1 saturated heterocycles. The number of carbonyl (C=O) groups is 1. The van der Waals surface area contributed by atoms with Crippen molar-refractivity contribution in [2.45, 2.75) is 32.3 Å². The van der Waals surface area contributed by atoms with Gasteiger partial charge in [-0.25, -0.2) is 4.98 Å². The van der Waals surface area contributed by atoms with Crippen molar-refractivity contribution < 1.29 is 4.79 Å². The zero-order valence-corrected chi connectivity index (χ0v) is 18.1. The zero-order chi connectivity index (χ0) is 20.4. The molecular weight excluding hydrogens is 378 g/mol. The Morgan fingerprint density at radius 2 is 1.86 bits per heavy atom. The third-order valence-corrected chi connectivity index (χ3v) is 6.67. The van der Waals surface area contributed by atoms with E-state index in [0.29, 0.717) is 11.7 Å². The van der Waals surface area contributed by atoms with E-state index in [1.807, 2.05) is 11.1 Å². The molecule has 1 fully saturated rings. The summed E-state index contributed by atoms with van der Waals surface area (Å²) in [6.07, 6.45) is 4.82. The van der Waals surface area contributed by atoms with Crippen LogP contribution in [-0.4, -0.2) is 39.2 Å². The van der Waals surface area contributed by atoms with E-state index < -0.39 is 0 Å². The summed E-state index contributed by atoms with van der Waals surface area (Å²) in [6.45, 7) is 8.07. The monoisotopic (exact) mass is 405 g/mol. The molecule has 2 heterocycles. The van der Waals surface area contributed by atoms with Crippen LogP contribution in [-0.2, 0) is 11.2 Å². The fraction of sp³-hybridized carbons (Fsp3) is 0.333. The molecule has 0 radical (unpaired) electrons. The topological polar surface area (TPSA) is 38.1 Å². The van der Waals surface area contributed by atoms with Gasteiger partial charge in [0.05, 0.1) is 11.4 Å². The van der Waals surface area contributed by atoms with Gasteiger partial charge >= 0.3 is 0 Å². The van der Waals surface area contributed by atoms with Gasteiger partial charge in [0.2, 0.25) is 5.91 Å². The number of thioether (sulfide) groups is 1. The first-order valence-electron chi connectivity index (χ1n) is 10.1. The number of aryl methyl sites for hydroxylation is 2. The van der Waals surface area contributed by atoms with Gasteiger partial charge in [-0.05, 0) is 55.9 Å². The van der Waals surface area contributed by atoms with Gasteiger partial charge in [-0.1, -0.05) is 53.7 Å². The van der Waals surface area contributed by atoms with Crippen molar-refractivity contribution in [3.8, 4) is 5.69 Å². The quantitative estimate of drug-likeness (QED) is 0.563. The number of likely N-dealkylation sites (tertiary alicyclic amines) is 1. The molecule has 0 atom stereocenters. The predicted octanol–water partition coefficient (Wildman–Crippen LogP) is 4.59. The van der Waals surface area contributed by atoms with Crippen LogP contribution >= 0.6 is 11.8 Å². The van der Waals surface area contributed by atoms with Gasteiger partial charge < -0.3 is 4.90 Å². The lowest BCUT2D eigenvalue weighted by molar-refractivity contribution is -0.134. The standard InChI is InChI=1S/C24H27N3OS/c1-17-7-9-20(10-8-17)13-21-14-26(15-21)23(28)16-29-24-25-11-12-27(24)22-6-4-5-18(2)19(22)3/h4-12,21H,13-16H2,1-3H3. The fourth-order valence-corrected chi connectivity index (χ4v) is 4.62. The van der Waals surface area contributed by atoms with Gasteiger partial charge in [0, 0.05) is 25.5 Å². The van der Waals surface area contributed by atoms with Crippen molar-refractivity contribution in [1.29, 1.82) is 0 Å². The minimum atomic E-state index is 0.200. The second kappa shape index (κ2) is 8.46. The number of aromatic nitrogens is 2. The lowest BCUT2D eigenvalue weighted by atomic mass is 9.92. The van der Waals surface area contributed by atoms with E-state index in [0.717, 1.165) is 30.4 Å².